The van der Waals surface area contributed by atoms with Crippen LogP contribution in [0.3, 0.4) is 0 Å². The Bertz CT molecular complexity index is 750. The van der Waals surface area contributed by atoms with Gasteiger partial charge in [0, 0.05) is 18.4 Å². The Kier molecular flexibility index (Phi) is 5.15. The molecule has 1 aromatic heterocycles. The van der Waals surface area contributed by atoms with E-state index in [9.17, 15) is 14.7 Å². The lowest BCUT2D eigenvalue weighted by molar-refractivity contribution is -0.122. The third-order valence-electron chi connectivity index (χ3n) is 4.20. The Labute approximate surface area is 135 Å². The van der Waals surface area contributed by atoms with Crippen molar-refractivity contribution in [3.05, 3.63) is 40.7 Å². The Morgan fingerprint density at radius 2 is 2.09 bits per heavy atom. The molecule has 0 fully saturated rings. The van der Waals surface area contributed by atoms with Crippen molar-refractivity contribution in [1.82, 2.24) is 15.1 Å². The lowest BCUT2D eigenvalue weighted by Crippen LogP contribution is -2.44. The number of hydrogen-bond acceptors (Lipinski definition) is 4. The summed E-state index contributed by atoms with van der Waals surface area (Å²) in [6.07, 6.45) is 1.50. The van der Waals surface area contributed by atoms with Crippen LogP contribution in [0.25, 0.3) is 10.9 Å². The molecule has 0 aliphatic rings. The number of nitrogens with one attached hydrogen (secondary N) is 1. The Hall–Kier alpha value is -2.21. The van der Waals surface area contributed by atoms with Crippen molar-refractivity contribution in [3.63, 3.8) is 0 Å². The molecule has 0 aliphatic carbocycles. The molecule has 2 N–H and O–H groups in total. The fraction of sp³-hybridized carbons (Fsp3) is 0.471. The van der Waals surface area contributed by atoms with Crippen molar-refractivity contribution in [3.8, 4) is 0 Å². The van der Waals surface area contributed by atoms with E-state index < -0.39 is 5.60 Å². The van der Waals surface area contributed by atoms with E-state index in [1.54, 1.807) is 23.7 Å². The summed E-state index contributed by atoms with van der Waals surface area (Å²) in [7, 11) is 0. The van der Waals surface area contributed by atoms with Gasteiger partial charge in [-0.25, -0.2) is 0 Å². The first-order valence-corrected chi connectivity index (χ1v) is 7.75. The van der Waals surface area contributed by atoms with Crippen molar-refractivity contribution in [2.75, 3.05) is 6.54 Å². The van der Waals surface area contributed by atoms with Gasteiger partial charge in [-0.3, -0.25) is 14.3 Å². The topological polar surface area (TPSA) is 84.2 Å². The van der Waals surface area contributed by atoms with E-state index in [0.29, 0.717) is 17.4 Å². The molecule has 124 valence electrons. The van der Waals surface area contributed by atoms with Crippen molar-refractivity contribution in [1.29, 1.82) is 0 Å². The second kappa shape index (κ2) is 6.91. The SMILES string of the molecule is CC(C)C(C)(O)CNC(=O)CCn1ncc(=O)c2ccccc21. The number of aliphatic hydroxyl groups is 1. The second-order valence-electron chi connectivity index (χ2n) is 6.29. The van der Waals surface area contributed by atoms with Crippen molar-refractivity contribution in [2.24, 2.45) is 5.92 Å². The number of rotatable bonds is 6. The highest BCUT2D eigenvalue weighted by Crippen LogP contribution is 2.14. The highest BCUT2D eigenvalue weighted by molar-refractivity contribution is 5.79. The van der Waals surface area contributed by atoms with Crippen LogP contribution in [0.2, 0.25) is 0 Å². The molecule has 6 nitrogen and oxygen atoms in total. The number of fused-ring (bicyclic) bond motifs is 1. The molecule has 1 aromatic carbocycles. The van der Waals surface area contributed by atoms with E-state index in [-0.39, 0.29) is 30.2 Å². The molecular formula is C17H23N3O3. The van der Waals surface area contributed by atoms with E-state index in [1.807, 2.05) is 26.0 Å². The summed E-state index contributed by atoms with van der Waals surface area (Å²) in [4.78, 5) is 23.7. The fourth-order valence-corrected chi connectivity index (χ4v) is 2.12. The van der Waals surface area contributed by atoms with E-state index in [1.165, 1.54) is 6.20 Å². The summed E-state index contributed by atoms with van der Waals surface area (Å²) in [5.41, 5.74) is -0.353. The van der Waals surface area contributed by atoms with Gasteiger partial charge in [-0.2, -0.15) is 5.10 Å². The molecular weight excluding hydrogens is 294 g/mol. The second-order valence-corrected chi connectivity index (χ2v) is 6.29. The average molecular weight is 317 g/mol. The van der Waals surface area contributed by atoms with Crippen LogP contribution < -0.4 is 10.7 Å². The van der Waals surface area contributed by atoms with Crippen LogP contribution in [-0.4, -0.2) is 32.9 Å². The first kappa shape index (κ1) is 17.1. The van der Waals surface area contributed by atoms with Gasteiger partial charge >= 0.3 is 0 Å². The number of aryl methyl sites for hydroxylation is 1. The first-order valence-electron chi connectivity index (χ1n) is 7.75. The third kappa shape index (κ3) is 4.16. The van der Waals surface area contributed by atoms with Gasteiger partial charge in [0.1, 0.15) is 0 Å². The molecule has 0 saturated heterocycles. The molecule has 0 aliphatic heterocycles. The number of hydrogen-bond donors (Lipinski definition) is 2. The van der Waals surface area contributed by atoms with E-state index in [0.717, 1.165) is 0 Å². The molecule has 0 spiro atoms. The standard InChI is InChI=1S/C17H23N3O3/c1-12(2)17(3,23)11-18-16(22)8-9-20-14-7-5-4-6-13(14)15(21)10-19-20/h4-7,10,12,23H,8-9,11H2,1-3H3,(H,18,22). The highest BCUT2D eigenvalue weighted by atomic mass is 16.3. The zero-order valence-electron chi connectivity index (χ0n) is 13.7. The smallest absolute Gasteiger partial charge is 0.221 e. The summed E-state index contributed by atoms with van der Waals surface area (Å²) >= 11 is 0. The minimum atomic E-state index is -0.933. The maximum atomic E-state index is 12.0. The normalized spacial score (nSPS) is 14.0. The molecule has 1 unspecified atom stereocenters. The molecule has 0 bridgehead atoms. The molecule has 6 heteroatoms. The Morgan fingerprint density at radius 1 is 1.39 bits per heavy atom. The predicted octanol–water partition coefficient (Wildman–Crippen LogP) is 1.31. The molecule has 1 amide bonds. The van der Waals surface area contributed by atoms with Gasteiger partial charge in [-0.15, -0.1) is 0 Å². The fourth-order valence-electron chi connectivity index (χ4n) is 2.12. The zero-order chi connectivity index (χ0) is 17.0. The number of carbonyl (C=O) groups excluding carboxylic acids is 1. The van der Waals surface area contributed by atoms with Gasteiger partial charge in [0.15, 0.2) is 0 Å². The predicted molar refractivity (Wildman–Crippen MR) is 89.1 cm³/mol. The summed E-state index contributed by atoms with van der Waals surface area (Å²) in [5.74, 6) is -0.108. The molecule has 2 rings (SSSR count). The summed E-state index contributed by atoms with van der Waals surface area (Å²) < 4.78 is 1.65. The van der Waals surface area contributed by atoms with Crippen molar-refractivity contribution in [2.45, 2.75) is 39.3 Å². The zero-order valence-corrected chi connectivity index (χ0v) is 13.7. The van der Waals surface area contributed by atoms with Crippen LogP contribution in [0.4, 0.5) is 0 Å². The molecule has 1 atom stereocenters. The van der Waals surface area contributed by atoms with Gasteiger partial charge in [0.25, 0.3) is 0 Å². The van der Waals surface area contributed by atoms with E-state index in [2.05, 4.69) is 10.4 Å². The van der Waals surface area contributed by atoms with Gasteiger partial charge < -0.3 is 10.4 Å². The summed E-state index contributed by atoms with van der Waals surface area (Å²) in [6.45, 7) is 6.10. The van der Waals surface area contributed by atoms with Crippen LogP contribution in [0.15, 0.2) is 35.3 Å². The number of para-hydroxylation sites is 1. The largest absolute Gasteiger partial charge is 0.388 e. The Balaban J connectivity index is 2.00. The lowest BCUT2D eigenvalue weighted by atomic mass is 9.92. The molecule has 23 heavy (non-hydrogen) atoms. The maximum Gasteiger partial charge on any atom is 0.221 e. The van der Waals surface area contributed by atoms with Gasteiger partial charge in [-0.05, 0) is 25.0 Å². The minimum Gasteiger partial charge on any atom is -0.388 e. The molecule has 0 radical (unpaired) electrons. The monoisotopic (exact) mass is 317 g/mol. The number of benzene rings is 1. The van der Waals surface area contributed by atoms with E-state index >= 15 is 0 Å². The molecule has 1 heterocycles. The number of carbonyl (C=O) groups is 1. The number of amides is 1. The minimum absolute atomic E-state index is 0.0485. The van der Waals surface area contributed by atoms with Crippen LogP contribution in [-0.2, 0) is 11.3 Å². The van der Waals surface area contributed by atoms with Crippen LogP contribution >= 0.6 is 0 Å². The lowest BCUT2D eigenvalue weighted by Gasteiger charge is -2.27. The van der Waals surface area contributed by atoms with Gasteiger partial charge in [0.2, 0.25) is 11.3 Å². The van der Waals surface area contributed by atoms with Crippen LogP contribution in [0.5, 0.6) is 0 Å². The quantitative estimate of drug-likeness (QED) is 0.841. The molecule has 0 saturated carbocycles. The maximum absolute atomic E-state index is 12.0. The summed E-state index contributed by atoms with van der Waals surface area (Å²) in [6, 6.07) is 7.19. The first-order chi connectivity index (χ1) is 10.8. The van der Waals surface area contributed by atoms with Crippen molar-refractivity contribution < 1.29 is 9.90 Å². The molecule has 2 aromatic rings. The van der Waals surface area contributed by atoms with Crippen LogP contribution in [0, 0.1) is 5.92 Å². The van der Waals surface area contributed by atoms with Gasteiger partial charge in [0.05, 0.1) is 23.9 Å². The third-order valence-corrected chi connectivity index (χ3v) is 4.20. The number of aromatic nitrogens is 2. The van der Waals surface area contributed by atoms with Crippen LogP contribution in [0.1, 0.15) is 27.2 Å². The average Bonchev–Trinajstić information content (AvgIpc) is 2.52. The van der Waals surface area contributed by atoms with Gasteiger partial charge in [-0.1, -0.05) is 26.0 Å². The van der Waals surface area contributed by atoms with Crippen molar-refractivity contribution >= 4 is 16.8 Å². The Morgan fingerprint density at radius 3 is 2.78 bits per heavy atom. The number of nitrogens with zero attached hydrogens (tertiary/aromatic N) is 2. The van der Waals surface area contributed by atoms with E-state index in [4.69, 9.17) is 0 Å². The highest BCUT2D eigenvalue weighted by Gasteiger charge is 2.25. The summed E-state index contributed by atoms with van der Waals surface area (Å²) in [5, 5.41) is 17.6.